The van der Waals surface area contributed by atoms with Gasteiger partial charge in [0.15, 0.2) is 5.16 Å². The molecular weight excluding hydrogens is 310 g/mol. The van der Waals surface area contributed by atoms with E-state index in [1.165, 1.54) is 10.5 Å². The summed E-state index contributed by atoms with van der Waals surface area (Å²) in [5.41, 5.74) is 1.24. The van der Waals surface area contributed by atoms with Crippen molar-refractivity contribution in [3.63, 3.8) is 0 Å². The summed E-state index contributed by atoms with van der Waals surface area (Å²) in [6.07, 6.45) is 3.52. The molecule has 18 heavy (non-hydrogen) atoms. The predicted molar refractivity (Wildman–Crippen MR) is 77.8 cm³/mol. The zero-order valence-electron chi connectivity index (χ0n) is 10.2. The quantitative estimate of drug-likeness (QED) is 0.871. The highest BCUT2D eigenvalue weighted by molar-refractivity contribution is 9.10. The molecule has 0 saturated carbocycles. The molecule has 1 heterocycles. The Morgan fingerprint density at radius 3 is 2.67 bits per heavy atom. The normalized spacial score (nSPS) is 12.4. The highest BCUT2D eigenvalue weighted by Crippen LogP contribution is 2.33. The van der Waals surface area contributed by atoms with Crippen molar-refractivity contribution in [2.75, 3.05) is 7.05 Å². The topological polar surface area (TPSA) is 37.8 Å². The van der Waals surface area contributed by atoms with E-state index < -0.39 is 0 Å². The number of hydrogen-bond acceptors (Lipinski definition) is 4. The van der Waals surface area contributed by atoms with E-state index in [4.69, 9.17) is 0 Å². The van der Waals surface area contributed by atoms with Gasteiger partial charge in [0.2, 0.25) is 0 Å². The molecule has 0 aliphatic rings. The summed E-state index contributed by atoms with van der Waals surface area (Å²) in [6.45, 7) is 2.14. The minimum absolute atomic E-state index is 0.286. The second kappa shape index (κ2) is 6.31. The molecule has 5 heteroatoms. The van der Waals surface area contributed by atoms with Crippen molar-refractivity contribution >= 4 is 27.7 Å². The van der Waals surface area contributed by atoms with Crippen LogP contribution in [0.2, 0.25) is 0 Å². The molecule has 0 bridgehead atoms. The molecule has 1 N–H and O–H groups in total. The Morgan fingerprint density at radius 2 is 2.00 bits per heavy atom. The van der Waals surface area contributed by atoms with Crippen LogP contribution in [0, 0.1) is 0 Å². The number of rotatable bonds is 4. The third kappa shape index (κ3) is 3.31. The second-order valence-electron chi connectivity index (χ2n) is 3.83. The van der Waals surface area contributed by atoms with Gasteiger partial charge < -0.3 is 5.32 Å². The van der Waals surface area contributed by atoms with Crippen LogP contribution in [0.4, 0.5) is 0 Å². The number of nitrogens with zero attached hydrogens (tertiary/aromatic N) is 2. The zero-order chi connectivity index (χ0) is 13.0. The highest BCUT2D eigenvalue weighted by atomic mass is 79.9. The maximum absolute atomic E-state index is 4.24. The molecule has 0 amide bonds. The average Bonchev–Trinajstić information content (AvgIpc) is 2.41. The largest absolute Gasteiger partial charge is 0.313 e. The first kappa shape index (κ1) is 13.5. The molecule has 94 valence electrons. The summed E-state index contributed by atoms with van der Waals surface area (Å²) < 4.78 is 1.08. The van der Waals surface area contributed by atoms with Gasteiger partial charge in [-0.3, -0.25) is 0 Å². The number of aromatic nitrogens is 2. The van der Waals surface area contributed by atoms with Crippen LogP contribution in [-0.4, -0.2) is 17.0 Å². The molecular formula is C13H14BrN3S. The van der Waals surface area contributed by atoms with Gasteiger partial charge in [0, 0.05) is 27.8 Å². The molecule has 0 radical (unpaired) electrons. The number of benzene rings is 1. The summed E-state index contributed by atoms with van der Waals surface area (Å²) in [7, 11) is 1.96. The average molecular weight is 324 g/mol. The lowest BCUT2D eigenvalue weighted by Gasteiger charge is -2.15. The SMILES string of the molecule is CNC(C)c1cc(Br)ccc1Sc1ncccn1. The minimum Gasteiger partial charge on any atom is -0.313 e. The monoisotopic (exact) mass is 323 g/mol. The molecule has 2 aromatic rings. The molecule has 3 nitrogen and oxygen atoms in total. The van der Waals surface area contributed by atoms with E-state index in [0.29, 0.717) is 0 Å². The Morgan fingerprint density at radius 1 is 1.28 bits per heavy atom. The van der Waals surface area contributed by atoms with E-state index in [1.807, 2.05) is 19.2 Å². The Kier molecular flexibility index (Phi) is 4.74. The lowest BCUT2D eigenvalue weighted by atomic mass is 10.1. The van der Waals surface area contributed by atoms with Crippen LogP contribution in [0.1, 0.15) is 18.5 Å². The molecule has 1 atom stereocenters. The molecule has 0 fully saturated rings. The van der Waals surface area contributed by atoms with E-state index in [2.05, 4.69) is 50.3 Å². The smallest absolute Gasteiger partial charge is 0.192 e. The van der Waals surface area contributed by atoms with Gasteiger partial charge in [0.05, 0.1) is 0 Å². The molecule has 0 spiro atoms. The molecule has 0 saturated heterocycles. The maximum Gasteiger partial charge on any atom is 0.192 e. The van der Waals surface area contributed by atoms with Crippen molar-refractivity contribution in [2.45, 2.75) is 23.0 Å². The first-order chi connectivity index (χ1) is 8.70. The maximum atomic E-state index is 4.24. The van der Waals surface area contributed by atoms with E-state index >= 15 is 0 Å². The lowest BCUT2D eigenvalue weighted by molar-refractivity contribution is 0.641. The van der Waals surface area contributed by atoms with Crippen LogP contribution in [0.15, 0.2) is 51.2 Å². The van der Waals surface area contributed by atoms with Crippen LogP contribution in [-0.2, 0) is 0 Å². The number of hydrogen-bond donors (Lipinski definition) is 1. The fourth-order valence-corrected chi connectivity index (χ4v) is 2.83. The van der Waals surface area contributed by atoms with Crippen molar-refractivity contribution in [3.8, 4) is 0 Å². The van der Waals surface area contributed by atoms with Crippen LogP contribution in [0.25, 0.3) is 0 Å². The number of halogens is 1. The van der Waals surface area contributed by atoms with Crippen LogP contribution >= 0.6 is 27.7 Å². The summed E-state index contributed by atoms with van der Waals surface area (Å²) in [6, 6.07) is 8.37. The van der Waals surface area contributed by atoms with Gasteiger partial charge in [-0.05, 0) is 55.6 Å². The molecule has 0 aliphatic carbocycles. The van der Waals surface area contributed by atoms with Crippen molar-refractivity contribution in [1.29, 1.82) is 0 Å². The van der Waals surface area contributed by atoms with Crippen molar-refractivity contribution < 1.29 is 0 Å². The van der Waals surface area contributed by atoms with Crippen LogP contribution in [0.3, 0.4) is 0 Å². The van der Waals surface area contributed by atoms with Gasteiger partial charge in [0.1, 0.15) is 0 Å². The van der Waals surface area contributed by atoms with Gasteiger partial charge in [-0.2, -0.15) is 0 Å². The van der Waals surface area contributed by atoms with Gasteiger partial charge in [0.25, 0.3) is 0 Å². The summed E-state index contributed by atoms with van der Waals surface area (Å²) >= 11 is 5.09. The first-order valence-corrected chi connectivity index (χ1v) is 7.23. The lowest BCUT2D eigenvalue weighted by Crippen LogP contribution is -2.13. The highest BCUT2D eigenvalue weighted by Gasteiger charge is 2.11. The van der Waals surface area contributed by atoms with Crippen LogP contribution in [0.5, 0.6) is 0 Å². The summed E-state index contributed by atoms with van der Waals surface area (Å²) in [5.74, 6) is 0. The van der Waals surface area contributed by atoms with Crippen molar-refractivity contribution in [3.05, 3.63) is 46.7 Å². The molecule has 2 rings (SSSR count). The van der Waals surface area contributed by atoms with Crippen molar-refractivity contribution in [2.24, 2.45) is 0 Å². The third-order valence-corrected chi connectivity index (χ3v) is 4.09. The fraction of sp³-hybridized carbons (Fsp3) is 0.231. The Labute approximate surface area is 120 Å². The van der Waals surface area contributed by atoms with Gasteiger partial charge in [-0.15, -0.1) is 0 Å². The second-order valence-corrected chi connectivity index (χ2v) is 5.75. The Hall–Kier alpha value is -0.910. The van der Waals surface area contributed by atoms with Gasteiger partial charge >= 0.3 is 0 Å². The van der Waals surface area contributed by atoms with E-state index in [0.717, 1.165) is 9.63 Å². The third-order valence-electron chi connectivity index (χ3n) is 2.61. The molecule has 0 aliphatic heterocycles. The molecule has 1 unspecified atom stereocenters. The van der Waals surface area contributed by atoms with Gasteiger partial charge in [-0.25, -0.2) is 9.97 Å². The van der Waals surface area contributed by atoms with Crippen molar-refractivity contribution in [1.82, 2.24) is 15.3 Å². The molecule has 1 aromatic carbocycles. The van der Waals surface area contributed by atoms with E-state index in [-0.39, 0.29) is 6.04 Å². The standard InChI is InChI=1S/C13H14BrN3S/c1-9(15-2)11-8-10(14)4-5-12(11)18-13-16-6-3-7-17-13/h3-9,15H,1-2H3. The molecule has 1 aromatic heterocycles. The first-order valence-electron chi connectivity index (χ1n) is 5.62. The van der Waals surface area contributed by atoms with Gasteiger partial charge in [-0.1, -0.05) is 15.9 Å². The fourth-order valence-electron chi connectivity index (χ4n) is 1.54. The zero-order valence-corrected chi connectivity index (χ0v) is 12.6. The Balaban J connectivity index is 2.32. The van der Waals surface area contributed by atoms with Crippen LogP contribution < -0.4 is 5.32 Å². The van der Waals surface area contributed by atoms with E-state index in [1.54, 1.807) is 24.2 Å². The summed E-state index contributed by atoms with van der Waals surface area (Å²) in [5, 5.41) is 4.03. The Bertz CT molecular complexity index is 519. The van der Waals surface area contributed by atoms with E-state index in [9.17, 15) is 0 Å². The number of nitrogens with one attached hydrogen (secondary N) is 1. The summed E-state index contributed by atoms with van der Waals surface area (Å²) in [4.78, 5) is 9.66. The predicted octanol–water partition coefficient (Wildman–Crippen LogP) is 3.67. The minimum atomic E-state index is 0.286.